The monoisotopic (exact) mass is 344 g/mol. The first-order valence-corrected chi connectivity index (χ1v) is 9.04. The summed E-state index contributed by atoms with van der Waals surface area (Å²) in [5.74, 6) is 2.71. The Kier molecular flexibility index (Phi) is 3.35. The van der Waals surface area contributed by atoms with Crippen LogP contribution in [0.3, 0.4) is 0 Å². The molecule has 25 heavy (non-hydrogen) atoms. The lowest BCUT2D eigenvalue weighted by atomic mass is 9.80. The molecule has 2 aliphatic carbocycles. The maximum Gasteiger partial charge on any atom is 0.224 e. The summed E-state index contributed by atoms with van der Waals surface area (Å²) in [5, 5.41) is 18.0. The zero-order chi connectivity index (χ0) is 17.0. The molecule has 0 aromatic carbocycles. The number of aliphatic hydroxyl groups excluding tert-OH is 1. The van der Waals surface area contributed by atoms with Crippen molar-refractivity contribution in [1.29, 1.82) is 0 Å². The summed E-state index contributed by atoms with van der Waals surface area (Å²) in [5.41, 5.74) is 0.167. The molecule has 0 spiro atoms. The summed E-state index contributed by atoms with van der Waals surface area (Å²) in [6, 6.07) is 1.65. The number of hydrogen-bond acceptors (Lipinski definition) is 6. The zero-order valence-electron chi connectivity index (χ0n) is 14.0. The van der Waals surface area contributed by atoms with Gasteiger partial charge in [0.1, 0.15) is 11.6 Å². The van der Waals surface area contributed by atoms with Crippen LogP contribution >= 0.6 is 0 Å². The third kappa shape index (κ3) is 2.36. The van der Waals surface area contributed by atoms with E-state index >= 15 is 0 Å². The smallest absolute Gasteiger partial charge is 0.224 e. The summed E-state index contributed by atoms with van der Waals surface area (Å²) in [4.78, 5) is 6.41. The Hall–Kier alpha value is -2.02. The highest BCUT2D eigenvalue weighted by Gasteiger charge is 2.54. The van der Waals surface area contributed by atoms with Gasteiger partial charge in [0.25, 0.3) is 0 Å². The van der Waals surface area contributed by atoms with Crippen molar-refractivity contribution in [2.45, 2.75) is 50.0 Å². The minimum Gasteiger partial charge on any atom is -0.424 e. The van der Waals surface area contributed by atoms with Crippen molar-refractivity contribution in [1.82, 2.24) is 15.2 Å². The predicted molar refractivity (Wildman–Crippen MR) is 87.6 cm³/mol. The van der Waals surface area contributed by atoms with Crippen molar-refractivity contribution in [3.63, 3.8) is 0 Å². The maximum absolute atomic E-state index is 13.6. The molecule has 132 valence electrons. The molecule has 3 aliphatic rings. The topological polar surface area (TPSA) is 75.3 Å². The van der Waals surface area contributed by atoms with Crippen LogP contribution in [0.4, 0.5) is 10.2 Å². The van der Waals surface area contributed by atoms with E-state index in [2.05, 4.69) is 20.1 Å². The van der Waals surface area contributed by atoms with Crippen molar-refractivity contribution < 1.29 is 13.9 Å². The quantitative estimate of drug-likeness (QED) is 0.919. The van der Waals surface area contributed by atoms with Crippen LogP contribution < -0.4 is 4.90 Å². The van der Waals surface area contributed by atoms with Gasteiger partial charge >= 0.3 is 0 Å². The van der Waals surface area contributed by atoms with E-state index < -0.39 is 5.82 Å². The molecule has 7 heteroatoms. The molecule has 2 aromatic rings. The van der Waals surface area contributed by atoms with Crippen LogP contribution in [0.1, 0.15) is 55.4 Å². The minimum atomic E-state index is -0.466. The van der Waals surface area contributed by atoms with Gasteiger partial charge in [-0.15, -0.1) is 10.2 Å². The molecular weight excluding hydrogens is 323 g/mol. The molecule has 1 aliphatic heterocycles. The van der Waals surface area contributed by atoms with Gasteiger partial charge < -0.3 is 14.4 Å². The minimum absolute atomic E-state index is 0.115. The molecular formula is C18H21FN4O2. The van der Waals surface area contributed by atoms with E-state index in [4.69, 9.17) is 4.42 Å². The average Bonchev–Trinajstić information content (AvgIpc) is 3.05. The number of rotatable bonds is 4. The Morgan fingerprint density at radius 1 is 1.32 bits per heavy atom. The lowest BCUT2D eigenvalue weighted by molar-refractivity contribution is 0.275. The second kappa shape index (κ2) is 5.49. The first-order valence-electron chi connectivity index (χ1n) is 9.04. The maximum atomic E-state index is 13.6. The van der Waals surface area contributed by atoms with Gasteiger partial charge in [-0.3, -0.25) is 0 Å². The summed E-state index contributed by atoms with van der Waals surface area (Å²) in [6.07, 6.45) is 6.82. The van der Waals surface area contributed by atoms with Crippen molar-refractivity contribution >= 4 is 5.82 Å². The van der Waals surface area contributed by atoms with E-state index in [-0.39, 0.29) is 17.6 Å². The normalized spacial score (nSPS) is 28.6. The number of aliphatic hydroxyl groups is 1. The summed E-state index contributed by atoms with van der Waals surface area (Å²) in [6.45, 7) is 1.29. The van der Waals surface area contributed by atoms with Crippen LogP contribution in [0.15, 0.2) is 16.7 Å². The van der Waals surface area contributed by atoms with E-state index in [9.17, 15) is 9.50 Å². The first-order chi connectivity index (χ1) is 12.2. The Labute approximate surface area is 145 Å². The van der Waals surface area contributed by atoms with E-state index in [0.29, 0.717) is 17.7 Å². The highest BCUT2D eigenvalue weighted by Crippen LogP contribution is 2.51. The number of nitrogens with zero attached hydrogens (tertiary/aromatic N) is 4. The van der Waals surface area contributed by atoms with Gasteiger partial charge in [-0.1, -0.05) is 6.42 Å². The van der Waals surface area contributed by atoms with Crippen LogP contribution in [0.25, 0.3) is 0 Å². The molecule has 2 saturated carbocycles. The highest BCUT2D eigenvalue weighted by molar-refractivity contribution is 5.45. The Morgan fingerprint density at radius 2 is 2.20 bits per heavy atom. The van der Waals surface area contributed by atoms with Crippen molar-refractivity contribution in [2.75, 3.05) is 18.0 Å². The lowest BCUT2D eigenvalue weighted by Crippen LogP contribution is -2.32. The average molecular weight is 344 g/mol. The third-order valence-corrected chi connectivity index (χ3v) is 6.08. The number of anilines is 1. The van der Waals surface area contributed by atoms with Gasteiger partial charge in [0.15, 0.2) is 0 Å². The van der Waals surface area contributed by atoms with Crippen LogP contribution in [0.2, 0.25) is 0 Å². The summed E-state index contributed by atoms with van der Waals surface area (Å²) in [7, 11) is 0. The third-order valence-electron chi connectivity index (χ3n) is 6.08. The molecule has 1 saturated heterocycles. The fourth-order valence-corrected chi connectivity index (χ4v) is 4.51. The standard InChI is InChI=1S/C18H21FN4O2/c19-14-7-20-15(6-12(14)9-24)23-8-13-2-1-5-18(13,10-23)17-22-21-16(25-17)11-3-4-11/h6-7,11,13,24H,1-5,8-10H2/t13-,18-/m0/s1. The van der Waals surface area contributed by atoms with Crippen LogP contribution in [-0.4, -0.2) is 33.4 Å². The molecule has 2 aromatic heterocycles. The fraction of sp³-hybridized carbons (Fsp3) is 0.611. The SMILES string of the molecule is OCc1cc(N2C[C@@H]3CCC[C@]3(c3nnc(C4CC4)o3)C2)ncc1F. The van der Waals surface area contributed by atoms with E-state index in [1.165, 1.54) is 12.6 Å². The van der Waals surface area contributed by atoms with Crippen LogP contribution in [0, 0.1) is 11.7 Å². The predicted octanol–water partition coefficient (Wildman–Crippen LogP) is 2.53. The molecule has 0 amide bonds. The van der Waals surface area contributed by atoms with E-state index in [1.807, 2.05) is 0 Å². The number of fused-ring (bicyclic) bond motifs is 1. The second-order valence-corrected chi connectivity index (χ2v) is 7.64. The van der Waals surface area contributed by atoms with Gasteiger partial charge in [0.05, 0.1) is 18.2 Å². The van der Waals surface area contributed by atoms with Crippen LogP contribution in [-0.2, 0) is 12.0 Å². The Balaban J connectivity index is 1.46. The Morgan fingerprint density at radius 3 is 3.00 bits per heavy atom. The van der Waals surface area contributed by atoms with Crippen molar-refractivity contribution in [3.05, 3.63) is 35.4 Å². The van der Waals surface area contributed by atoms with Crippen molar-refractivity contribution in [3.8, 4) is 0 Å². The largest absolute Gasteiger partial charge is 0.424 e. The fourth-order valence-electron chi connectivity index (χ4n) is 4.51. The number of halogens is 1. The zero-order valence-corrected chi connectivity index (χ0v) is 14.0. The van der Waals surface area contributed by atoms with Crippen molar-refractivity contribution in [2.24, 2.45) is 5.92 Å². The molecule has 3 fully saturated rings. The molecule has 6 nitrogen and oxygen atoms in total. The second-order valence-electron chi connectivity index (χ2n) is 7.64. The highest BCUT2D eigenvalue weighted by atomic mass is 19.1. The summed E-state index contributed by atoms with van der Waals surface area (Å²) < 4.78 is 19.7. The van der Waals surface area contributed by atoms with Gasteiger partial charge in [-0.2, -0.15) is 0 Å². The Bertz CT molecular complexity index is 806. The molecule has 3 heterocycles. The van der Waals surface area contributed by atoms with Gasteiger partial charge in [-0.25, -0.2) is 9.37 Å². The van der Waals surface area contributed by atoms with E-state index in [0.717, 1.165) is 50.6 Å². The van der Waals surface area contributed by atoms with E-state index in [1.54, 1.807) is 6.07 Å². The molecule has 5 rings (SSSR count). The first kappa shape index (κ1) is 15.3. The van der Waals surface area contributed by atoms with Gasteiger partial charge in [-0.05, 0) is 37.7 Å². The summed E-state index contributed by atoms with van der Waals surface area (Å²) >= 11 is 0. The number of hydrogen-bond donors (Lipinski definition) is 1. The van der Waals surface area contributed by atoms with Crippen LogP contribution in [0.5, 0.6) is 0 Å². The molecule has 0 radical (unpaired) electrons. The molecule has 0 unspecified atom stereocenters. The number of pyridine rings is 1. The molecule has 0 bridgehead atoms. The number of aromatic nitrogens is 3. The lowest BCUT2D eigenvalue weighted by Gasteiger charge is -2.25. The molecule has 2 atom stereocenters. The molecule has 1 N–H and O–H groups in total. The van der Waals surface area contributed by atoms with Gasteiger partial charge in [0.2, 0.25) is 11.8 Å². The van der Waals surface area contributed by atoms with Gasteiger partial charge in [0, 0.05) is 24.6 Å².